The van der Waals surface area contributed by atoms with Crippen LogP contribution in [0.5, 0.6) is 0 Å². The molecule has 2 N–H and O–H groups in total. The first-order chi connectivity index (χ1) is 11.3. The zero-order valence-electron chi connectivity index (χ0n) is 13.9. The molecule has 2 rings (SSSR count). The standard InChI is InChI=1S/C16H21ClN4O3/c1-16(2,3)24-15(22)21(9-12-10-23-12)13(14(17)18)8-20-11-5-4-6-19-7-11/h4-8,12,18,20H,9-10H2,1-3H3/b13-8+,18-14?. The number of amides is 1. The van der Waals surface area contributed by atoms with Crippen molar-refractivity contribution in [2.75, 3.05) is 18.5 Å². The summed E-state index contributed by atoms with van der Waals surface area (Å²) in [5.41, 5.74) is 0.251. The Bertz CT molecular complexity index is 624. The molecule has 1 aromatic rings. The molecule has 1 atom stereocenters. The van der Waals surface area contributed by atoms with Gasteiger partial charge in [-0.25, -0.2) is 4.79 Å². The van der Waals surface area contributed by atoms with E-state index < -0.39 is 11.7 Å². The third kappa shape index (κ3) is 5.82. The van der Waals surface area contributed by atoms with E-state index in [2.05, 4.69) is 10.3 Å². The second kappa shape index (κ2) is 7.63. The number of rotatable bonds is 6. The van der Waals surface area contributed by atoms with Crippen LogP contribution in [-0.2, 0) is 9.47 Å². The Morgan fingerprint density at radius 1 is 1.62 bits per heavy atom. The van der Waals surface area contributed by atoms with Crippen molar-refractivity contribution in [1.82, 2.24) is 9.88 Å². The van der Waals surface area contributed by atoms with E-state index in [1.165, 1.54) is 11.1 Å². The van der Waals surface area contributed by atoms with Gasteiger partial charge < -0.3 is 14.8 Å². The predicted molar refractivity (Wildman–Crippen MR) is 92.2 cm³/mol. The quantitative estimate of drug-likeness (QED) is 0.606. The summed E-state index contributed by atoms with van der Waals surface area (Å²) in [6, 6.07) is 3.58. The zero-order chi connectivity index (χ0) is 17.7. The highest BCUT2D eigenvalue weighted by Crippen LogP contribution is 2.20. The number of hydrogen-bond acceptors (Lipinski definition) is 6. The molecular formula is C16H21ClN4O3. The van der Waals surface area contributed by atoms with Crippen molar-refractivity contribution in [2.45, 2.75) is 32.5 Å². The second-order valence-electron chi connectivity index (χ2n) is 6.28. The van der Waals surface area contributed by atoms with Crippen molar-refractivity contribution < 1.29 is 14.3 Å². The summed E-state index contributed by atoms with van der Waals surface area (Å²) in [5.74, 6) is 0. The molecule has 0 bridgehead atoms. The van der Waals surface area contributed by atoms with Crippen molar-refractivity contribution in [1.29, 1.82) is 5.41 Å². The van der Waals surface area contributed by atoms with Crippen LogP contribution < -0.4 is 5.32 Å². The van der Waals surface area contributed by atoms with Gasteiger partial charge >= 0.3 is 6.09 Å². The average Bonchev–Trinajstić information content (AvgIpc) is 3.29. The summed E-state index contributed by atoms with van der Waals surface area (Å²) in [7, 11) is 0. The highest BCUT2D eigenvalue weighted by atomic mass is 35.5. The maximum Gasteiger partial charge on any atom is 0.415 e. The molecule has 8 heteroatoms. The van der Waals surface area contributed by atoms with Crippen LogP contribution in [0.15, 0.2) is 36.4 Å². The molecule has 24 heavy (non-hydrogen) atoms. The molecule has 130 valence electrons. The van der Waals surface area contributed by atoms with Crippen molar-refractivity contribution in [2.24, 2.45) is 0 Å². The number of aromatic nitrogens is 1. The molecule has 7 nitrogen and oxygen atoms in total. The van der Waals surface area contributed by atoms with Crippen molar-refractivity contribution in [3.8, 4) is 0 Å². The van der Waals surface area contributed by atoms with Crippen LogP contribution >= 0.6 is 11.6 Å². The third-order valence-electron chi connectivity index (χ3n) is 2.96. The Morgan fingerprint density at radius 3 is 2.83 bits per heavy atom. The summed E-state index contributed by atoms with van der Waals surface area (Å²) >= 11 is 5.89. The number of ether oxygens (including phenoxy) is 2. The normalized spacial score (nSPS) is 17.2. The van der Waals surface area contributed by atoms with E-state index in [4.69, 9.17) is 26.5 Å². The Kier molecular flexibility index (Phi) is 5.80. The number of anilines is 1. The first-order valence-corrected chi connectivity index (χ1v) is 7.87. The fraction of sp³-hybridized carbons (Fsp3) is 0.438. The summed E-state index contributed by atoms with van der Waals surface area (Å²) in [5, 5.41) is 10.5. The third-order valence-corrected chi connectivity index (χ3v) is 3.15. The number of nitrogens with zero attached hydrogens (tertiary/aromatic N) is 2. The fourth-order valence-corrected chi connectivity index (χ4v) is 1.98. The summed E-state index contributed by atoms with van der Waals surface area (Å²) in [6.45, 7) is 6.17. The van der Waals surface area contributed by atoms with Gasteiger partial charge in [-0.15, -0.1) is 0 Å². The van der Waals surface area contributed by atoms with Gasteiger partial charge in [-0.3, -0.25) is 15.3 Å². The fourth-order valence-electron chi connectivity index (χ4n) is 1.82. The molecule has 2 heterocycles. The summed E-state index contributed by atoms with van der Waals surface area (Å²) in [4.78, 5) is 17.8. The Balaban J connectivity index is 2.21. The van der Waals surface area contributed by atoms with Crippen molar-refractivity contribution >= 4 is 28.6 Å². The minimum atomic E-state index is -0.657. The first-order valence-electron chi connectivity index (χ1n) is 7.49. The van der Waals surface area contributed by atoms with Crippen LogP contribution in [-0.4, -0.2) is 46.0 Å². The van der Waals surface area contributed by atoms with E-state index >= 15 is 0 Å². The number of halogens is 1. The minimum absolute atomic E-state index is 0.0738. The molecule has 0 saturated carbocycles. The zero-order valence-corrected chi connectivity index (χ0v) is 14.6. The highest BCUT2D eigenvalue weighted by Gasteiger charge is 2.33. The number of allylic oxidation sites excluding steroid dienone is 1. The lowest BCUT2D eigenvalue weighted by atomic mass is 10.2. The van der Waals surface area contributed by atoms with Gasteiger partial charge in [0.05, 0.1) is 36.8 Å². The minimum Gasteiger partial charge on any atom is -0.443 e. The van der Waals surface area contributed by atoms with E-state index in [0.29, 0.717) is 12.3 Å². The van der Waals surface area contributed by atoms with E-state index in [0.717, 1.165) is 0 Å². The van der Waals surface area contributed by atoms with Gasteiger partial charge in [0.15, 0.2) is 0 Å². The van der Waals surface area contributed by atoms with Crippen molar-refractivity contribution in [3.05, 3.63) is 36.4 Å². The van der Waals surface area contributed by atoms with E-state index in [1.54, 1.807) is 45.3 Å². The lowest BCUT2D eigenvalue weighted by molar-refractivity contribution is 0.0314. The van der Waals surface area contributed by atoms with Gasteiger partial charge in [-0.05, 0) is 32.9 Å². The maximum absolute atomic E-state index is 12.5. The Hall–Kier alpha value is -2.12. The number of carbonyl (C=O) groups is 1. The first kappa shape index (κ1) is 18.2. The number of nitrogens with one attached hydrogen (secondary N) is 2. The average molecular weight is 353 g/mol. The molecule has 1 aromatic heterocycles. The molecule has 1 aliphatic heterocycles. The van der Waals surface area contributed by atoms with Crippen LogP contribution in [0, 0.1) is 5.41 Å². The van der Waals surface area contributed by atoms with Gasteiger partial charge in [0.25, 0.3) is 0 Å². The maximum atomic E-state index is 12.5. The molecule has 1 aliphatic rings. The molecule has 1 saturated heterocycles. The number of pyridine rings is 1. The summed E-state index contributed by atoms with van der Waals surface area (Å²) in [6.07, 6.45) is 4.10. The number of epoxide rings is 1. The molecule has 1 unspecified atom stereocenters. The SMILES string of the molecule is CC(C)(C)OC(=O)N(CC1CO1)/C(=C/Nc1cccnc1)C(=N)Cl. The molecule has 0 spiro atoms. The Morgan fingerprint density at radius 2 is 2.33 bits per heavy atom. The lowest BCUT2D eigenvalue weighted by Crippen LogP contribution is -2.40. The van der Waals surface area contributed by atoms with Crippen LogP contribution in [0.2, 0.25) is 0 Å². The molecular weight excluding hydrogens is 332 g/mol. The van der Waals surface area contributed by atoms with Gasteiger partial charge in [0.2, 0.25) is 0 Å². The highest BCUT2D eigenvalue weighted by molar-refractivity contribution is 6.68. The second-order valence-corrected chi connectivity index (χ2v) is 6.65. The molecule has 1 amide bonds. The topological polar surface area (TPSA) is 90.8 Å². The lowest BCUT2D eigenvalue weighted by Gasteiger charge is -2.28. The number of carbonyl (C=O) groups excluding carboxylic acids is 1. The molecule has 0 aliphatic carbocycles. The van der Waals surface area contributed by atoms with Gasteiger partial charge in [0, 0.05) is 12.4 Å². The smallest absolute Gasteiger partial charge is 0.415 e. The molecule has 1 fully saturated rings. The van der Waals surface area contributed by atoms with Crippen LogP contribution in [0.25, 0.3) is 0 Å². The van der Waals surface area contributed by atoms with E-state index in [9.17, 15) is 4.79 Å². The van der Waals surface area contributed by atoms with Crippen LogP contribution in [0.4, 0.5) is 10.5 Å². The van der Waals surface area contributed by atoms with Crippen molar-refractivity contribution in [3.63, 3.8) is 0 Å². The number of hydrogen-bond donors (Lipinski definition) is 2. The largest absolute Gasteiger partial charge is 0.443 e. The monoisotopic (exact) mass is 352 g/mol. The van der Waals surface area contributed by atoms with E-state index in [-0.39, 0.29) is 23.5 Å². The van der Waals surface area contributed by atoms with Gasteiger partial charge in [-0.1, -0.05) is 11.6 Å². The van der Waals surface area contributed by atoms with Crippen LogP contribution in [0.3, 0.4) is 0 Å². The predicted octanol–water partition coefficient (Wildman–Crippen LogP) is 3.19. The summed E-state index contributed by atoms with van der Waals surface area (Å²) < 4.78 is 10.6. The van der Waals surface area contributed by atoms with Crippen LogP contribution in [0.1, 0.15) is 20.8 Å². The molecule has 0 aromatic carbocycles. The molecule has 0 radical (unpaired) electrons. The Labute approximate surface area is 146 Å². The van der Waals surface area contributed by atoms with Gasteiger partial charge in [-0.2, -0.15) is 0 Å². The van der Waals surface area contributed by atoms with E-state index in [1.807, 2.05) is 0 Å². The van der Waals surface area contributed by atoms with Gasteiger partial charge in [0.1, 0.15) is 10.8 Å².